The Labute approximate surface area is 435 Å². The van der Waals surface area contributed by atoms with Gasteiger partial charge in [0.25, 0.3) is 0 Å². The van der Waals surface area contributed by atoms with E-state index in [0.29, 0.717) is 125 Å². The molecule has 0 radical (unpaired) electrons. The standard InChI is InChI=1S/C24H35O5S2.C15H23O3S2.C14H21O2S2/c1-2-25-9-10-26-11-12-27-13-14-28-15-16-29-23-7-8-24(31-19-17-30-18-20-31)22-6-4-3-5-21(22)23;1-16-6-7-17-8-9-18-14-2-4-15(5-3-14)20-12-10-19-11-13-20;1-2-15-7-8-16-13-3-5-14(6-4-13)18-11-9-17-10-12-18/h3-8H,2,9-20H2,1H3;2-5H,6-13H2,1H3;3-6H,2,7-12H2,1H3/q3*+1. The normalized spacial score (nSPS) is 15.8. The number of rotatable bonds is 29. The Kier molecular flexibility index (Phi) is 32.1. The molecule has 0 aromatic heterocycles. The number of benzene rings is 4. The Morgan fingerprint density at radius 2 is 0.754 bits per heavy atom. The predicted octanol–water partition coefficient (Wildman–Crippen LogP) is 9.31. The van der Waals surface area contributed by atoms with Gasteiger partial charge in [0, 0.05) is 98.3 Å². The molecule has 0 N–H and O–H groups in total. The molecule has 3 heterocycles. The van der Waals surface area contributed by atoms with Crippen molar-refractivity contribution in [2.45, 2.75) is 28.5 Å². The van der Waals surface area contributed by atoms with Crippen LogP contribution in [0.5, 0.6) is 17.2 Å². The average molecular weight is 1070 g/mol. The summed E-state index contributed by atoms with van der Waals surface area (Å²) in [6.07, 6.45) is 0. The van der Waals surface area contributed by atoms with Gasteiger partial charge in [-0.3, -0.25) is 0 Å². The van der Waals surface area contributed by atoms with Gasteiger partial charge in [-0.2, -0.15) is 35.3 Å². The largest absolute Gasteiger partial charge is 0.491 e. The van der Waals surface area contributed by atoms with Gasteiger partial charge >= 0.3 is 0 Å². The number of thioether (sulfide) groups is 3. The fraction of sp³-hybridized carbons (Fsp3) is 0.585. The summed E-state index contributed by atoms with van der Waals surface area (Å²) in [6.45, 7) is 13.8. The first-order chi connectivity index (χ1) is 34.2. The van der Waals surface area contributed by atoms with E-state index < -0.39 is 0 Å². The number of hydrogen-bond acceptors (Lipinski definition) is 13. The minimum atomic E-state index is 0.363. The maximum atomic E-state index is 6.05. The second kappa shape index (κ2) is 38.0. The average Bonchev–Trinajstić information content (AvgIpc) is 3.41. The lowest BCUT2D eigenvalue weighted by Gasteiger charge is -2.16. The zero-order chi connectivity index (χ0) is 48.2. The third-order valence-corrected chi connectivity index (χ3v) is 22.3. The SMILES string of the molecule is CCOCCOCCOCCOCCOc1ccc([S+]2CCSCC2)c2ccccc12.CCOCCOc1ccc([S+]2CCSCC2)cc1.COCCOCCOc1ccc([S+]2CCSCC2)cc1. The predicted molar refractivity (Wildman–Crippen MR) is 300 cm³/mol. The molecular weight excluding hydrogens is 989 g/mol. The van der Waals surface area contributed by atoms with Gasteiger partial charge in [-0.25, -0.2) is 0 Å². The van der Waals surface area contributed by atoms with Crippen LogP contribution in [0.15, 0.2) is 99.6 Å². The fourth-order valence-corrected chi connectivity index (χ4v) is 19.2. The molecule has 3 aliphatic rings. The zero-order valence-electron chi connectivity index (χ0n) is 41.4. The first-order valence-corrected chi connectivity index (χ1v) is 32.7. The van der Waals surface area contributed by atoms with Crippen LogP contribution in [-0.4, -0.2) is 182 Å². The molecule has 384 valence electrons. The fourth-order valence-electron chi connectivity index (χ4n) is 7.18. The Hall–Kier alpha value is -1.64. The van der Waals surface area contributed by atoms with E-state index in [1.807, 2.05) is 13.8 Å². The van der Waals surface area contributed by atoms with E-state index in [9.17, 15) is 0 Å². The second-order valence-electron chi connectivity index (χ2n) is 15.5. The van der Waals surface area contributed by atoms with E-state index in [0.717, 1.165) is 30.5 Å². The quantitative estimate of drug-likeness (QED) is 0.0383. The summed E-state index contributed by atoms with van der Waals surface area (Å²) in [6, 6.07) is 30.3. The lowest BCUT2D eigenvalue weighted by molar-refractivity contribution is -0.00337. The Morgan fingerprint density at radius 3 is 1.20 bits per heavy atom. The van der Waals surface area contributed by atoms with Crippen LogP contribution in [0.25, 0.3) is 10.8 Å². The van der Waals surface area contributed by atoms with E-state index in [1.54, 1.807) is 7.11 Å². The van der Waals surface area contributed by atoms with Crippen molar-refractivity contribution < 1.29 is 47.4 Å². The first kappa shape index (κ1) is 58.3. The van der Waals surface area contributed by atoms with Gasteiger partial charge in [0.05, 0.1) is 72.7 Å². The van der Waals surface area contributed by atoms with E-state index in [2.05, 4.69) is 120 Å². The summed E-state index contributed by atoms with van der Waals surface area (Å²) in [5, 5.41) is 2.55. The van der Waals surface area contributed by atoms with Crippen LogP contribution in [0.3, 0.4) is 0 Å². The van der Waals surface area contributed by atoms with Crippen molar-refractivity contribution in [1.82, 2.24) is 0 Å². The highest BCUT2D eigenvalue weighted by Crippen LogP contribution is 2.34. The minimum absolute atomic E-state index is 0.363. The Bertz CT molecular complexity index is 1860. The molecule has 0 aliphatic carbocycles. The third-order valence-electron chi connectivity index (χ3n) is 10.7. The van der Waals surface area contributed by atoms with Crippen LogP contribution in [0.4, 0.5) is 0 Å². The molecule has 3 aliphatic heterocycles. The number of fused-ring (bicyclic) bond motifs is 1. The maximum absolute atomic E-state index is 6.05. The maximum Gasteiger partial charge on any atom is 0.163 e. The summed E-state index contributed by atoms with van der Waals surface area (Å²) >= 11 is 6.23. The van der Waals surface area contributed by atoms with Gasteiger partial charge < -0.3 is 47.4 Å². The molecule has 7 rings (SSSR count). The first-order valence-electron chi connectivity index (χ1n) is 24.5. The number of ether oxygens (including phenoxy) is 10. The molecule has 4 aromatic rings. The lowest BCUT2D eigenvalue weighted by Crippen LogP contribution is -2.21. The number of methoxy groups -OCH3 is 1. The van der Waals surface area contributed by atoms with E-state index in [-0.39, 0.29) is 0 Å². The molecule has 0 saturated carbocycles. The van der Waals surface area contributed by atoms with Gasteiger partial charge in [0.15, 0.2) is 14.7 Å². The van der Waals surface area contributed by atoms with Gasteiger partial charge in [-0.15, -0.1) is 0 Å². The highest BCUT2D eigenvalue weighted by molar-refractivity contribution is 8.06. The van der Waals surface area contributed by atoms with E-state index in [1.165, 1.54) is 94.5 Å². The van der Waals surface area contributed by atoms with Gasteiger partial charge in [-0.05, 0) is 80.6 Å². The second-order valence-corrected chi connectivity index (χ2v) is 25.9. The van der Waals surface area contributed by atoms with Gasteiger partial charge in [0.1, 0.15) is 71.6 Å². The van der Waals surface area contributed by atoms with Crippen molar-refractivity contribution in [2.75, 3.05) is 182 Å². The van der Waals surface area contributed by atoms with Crippen molar-refractivity contribution in [2.24, 2.45) is 0 Å². The summed E-state index contributed by atoms with van der Waals surface area (Å²) < 4.78 is 54.6. The summed E-state index contributed by atoms with van der Waals surface area (Å²) in [5.41, 5.74) is 0. The van der Waals surface area contributed by atoms with Gasteiger partial charge in [-0.1, -0.05) is 18.2 Å². The molecule has 0 atom stereocenters. The van der Waals surface area contributed by atoms with Crippen LogP contribution in [0.1, 0.15) is 13.8 Å². The van der Waals surface area contributed by atoms with Crippen molar-refractivity contribution in [3.8, 4) is 17.2 Å². The van der Waals surface area contributed by atoms with E-state index in [4.69, 9.17) is 47.4 Å². The molecule has 0 bridgehead atoms. The monoisotopic (exact) mass is 1070 g/mol. The highest BCUT2D eigenvalue weighted by atomic mass is 32.2. The summed E-state index contributed by atoms with van der Waals surface area (Å²) in [4.78, 5) is 4.47. The third kappa shape index (κ3) is 23.8. The summed E-state index contributed by atoms with van der Waals surface area (Å²) in [7, 11) is 2.97. The molecule has 3 fully saturated rings. The molecule has 0 amide bonds. The minimum Gasteiger partial charge on any atom is -0.491 e. The molecular formula is C53H79O10S6+3. The smallest absolute Gasteiger partial charge is 0.163 e. The molecule has 3 saturated heterocycles. The Balaban J connectivity index is 0.000000203. The van der Waals surface area contributed by atoms with Crippen LogP contribution < -0.4 is 14.2 Å². The van der Waals surface area contributed by atoms with Crippen LogP contribution in [-0.2, 0) is 65.8 Å². The van der Waals surface area contributed by atoms with Crippen LogP contribution in [0, 0.1) is 0 Å². The number of hydrogen-bond donors (Lipinski definition) is 0. The highest BCUT2D eigenvalue weighted by Gasteiger charge is 2.28. The van der Waals surface area contributed by atoms with Crippen molar-refractivity contribution >= 4 is 78.7 Å². The van der Waals surface area contributed by atoms with Crippen molar-refractivity contribution in [1.29, 1.82) is 0 Å². The molecule has 0 spiro atoms. The molecule has 0 unspecified atom stereocenters. The van der Waals surface area contributed by atoms with Gasteiger partial charge in [0.2, 0.25) is 0 Å². The van der Waals surface area contributed by atoms with Crippen molar-refractivity contribution in [3.63, 3.8) is 0 Å². The lowest BCUT2D eigenvalue weighted by atomic mass is 10.1. The van der Waals surface area contributed by atoms with Crippen LogP contribution in [0.2, 0.25) is 0 Å². The Morgan fingerprint density at radius 1 is 0.377 bits per heavy atom. The summed E-state index contributed by atoms with van der Waals surface area (Å²) in [5.74, 6) is 18.6. The topological polar surface area (TPSA) is 92.3 Å². The molecule has 69 heavy (non-hydrogen) atoms. The zero-order valence-corrected chi connectivity index (χ0v) is 46.3. The van der Waals surface area contributed by atoms with Crippen LogP contribution >= 0.6 is 35.3 Å². The van der Waals surface area contributed by atoms with Crippen molar-refractivity contribution in [3.05, 3.63) is 84.9 Å². The molecule has 16 heteroatoms. The molecule has 4 aromatic carbocycles. The van der Waals surface area contributed by atoms with E-state index >= 15 is 0 Å². The molecule has 10 nitrogen and oxygen atoms in total.